The molecule has 1 heterocycles. The van der Waals surface area contributed by atoms with Crippen molar-refractivity contribution in [2.75, 3.05) is 6.26 Å². The van der Waals surface area contributed by atoms with Gasteiger partial charge in [-0.3, -0.25) is 0 Å². The van der Waals surface area contributed by atoms with Crippen molar-refractivity contribution >= 4 is 10.0 Å². The predicted octanol–water partition coefficient (Wildman–Crippen LogP) is 0.463. The molecule has 7 heteroatoms. The van der Waals surface area contributed by atoms with Gasteiger partial charge in [0.1, 0.15) is 0 Å². The summed E-state index contributed by atoms with van der Waals surface area (Å²) in [7, 11) is -3.21. The van der Waals surface area contributed by atoms with E-state index < -0.39 is 15.6 Å². The lowest BCUT2D eigenvalue weighted by atomic mass is 10.1. The van der Waals surface area contributed by atoms with E-state index >= 15 is 0 Å². The molecule has 0 spiro atoms. The lowest BCUT2D eigenvalue weighted by molar-refractivity contribution is 0.383. The van der Waals surface area contributed by atoms with Gasteiger partial charge in [-0.1, -0.05) is 0 Å². The molecule has 1 aromatic heterocycles. The summed E-state index contributed by atoms with van der Waals surface area (Å²) in [6.45, 7) is 5.07. The Morgan fingerprint density at radius 3 is 2.74 bits per heavy atom. The minimum atomic E-state index is -3.21. The minimum absolute atomic E-state index is 0.539. The summed E-state index contributed by atoms with van der Waals surface area (Å²) in [6, 6.07) is 0.644. The largest absolute Gasteiger partial charge is 0.332 e. The van der Waals surface area contributed by atoms with Crippen molar-refractivity contribution in [3.05, 3.63) is 18.2 Å². The van der Waals surface area contributed by atoms with Gasteiger partial charge in [-0.15, -0.1) is 0 Å². The minimum Gasteiger partial charge on any atom is -0.332 e. The van der Waals surface area contributed by atoms with E-state index in [0.717, 1.165) is 12.2 Å². The van der Waals surface area contributed by atoms with Crippen molar-refractivity contribution in [1.29, 1.82) is 0 Å². The highest BCUT2D eigenvalue weighted by Crippen LogP contribution is 2.19. The van der Waals surface area contributed by atoms with Crippen molar-refractivity contribution in [2.24, 2.45) is 0 Å². The van der Waals surface area contributed by atoms with Crippen LogP contribution in [0.25, 0.3) is 0 Å². The van der Waals surface area contributed by atoms with Crippen LogP contribution in [0.2, 0.25) is 0 Å². The molecule has 1 saturated carbocycles. The standard InChI is InChI=1S/C12H22N4O2S/c1-12(2,15-19(3,17)18)8-16-9-13-6-11(16)7-14-10-4-5-10/h6,9-10,14-15H,4-5,7-8H2,1-3H3. The van der Waals surface area contributed by atoms with Crippen LogP contribution >= 0.6 is 0 Å². The maximum absolute atomic E-state index is 11.3. The number of nitrogens with zero attached hydrogens (tertiary/aromatic N) is 2. The molecule has 6 nitrogen and oxygen atoms in total. The second-order valence-electron chi connectivity index (χ2n) is 5.93. The van der Waals surface area contributed by atoms with Crippen molar-refractivity contribution in [3.8, 4) is 0 Å². The fraction of sp³-hybridized carbons (Fsp3) is 0.750. The lowest BCUT2D eigenvalue weighted by Crippen LogP contribution is -2.46. The molecule has 2 N–H and O–H groups in total. The summed E-state index contributed by atoms with van der Waals surface area (Å²) >= 11 is 0. The molecule has 1 aromatic rings. The number of sulfonamides is 1. The van der Waals surface area contributed by atoms with Gasteiger partial charge in [-0.2, -0.15) is 0 Å². The van der Waals surface area contributed by atoms with Gasteiger partial charge < -0.3 is 9.88 Å². The average molecular weight is 286 g/mol. The molecule has 2 rings (SSSR count). The number of aromatic nitrogens is 2. The van der Waals surface area contributed by atoms with Gasteiger partial charge in [-0.05, 0) is 26.7 Å². The summed E-state index contributed by atoms with van der Waals surface area (Å²) in [5, 5.41) is 3.43. The van der Waals surface area contributed by atoms with Crippen LogP contribution in [-0.4, -0.2) is 35.8 Å². The van der Waals surface area contributed by atoms with E-state index in [1.54, 1.807) is 6.33 Å². The maximum atomic E-state index is 11.3. The van der Waals surface area contributed by atoms with Gasteiger partial charge in [0, 0.05) is 30.9 Å². The molecule has 0 bridgehead atoms. The van der Waals surface area contributed by atoms with E-state index in [1.165, 1.54) is 19.1 Å². The Labute approximate surface area is 114 Å². The molecular weight excluding hydrogens is 264 g/mol. The van der Waals surface area contributed by atoms with Crippen LogP contribution in [0.3, 0.4) is 0 Å². The van der Waals surface area contributed by atoms with Crippen molar-refractivity contribution in [3.63, 3.8) is 0 Å². The van der Waals surface area contributed by atoms with Crippen LogP contribution in [0.4, 0.5) is 0 Å². The van der Waals surface area contributed by atoms with Gasteiger partial charge in [0.15, 0.2) is 0 Å². The van der Waals surface area contributed by atoms with Gasteiger partial charge >= 0.3 is 0 Å². The highest BCUT2D eigenvalue weighted by molar-refractivity contribution is 7.88. The van der Waals surface area contributed by atoms with E-state index in [1.807, 2.05) is 24.6 Å². The summed E-state index contributed by atoms with van der Waals surface area (Å²) < 4.78 is 27.3. The highest BCUT2D eigenvalue weighted by Gasteiger charge is 2.24. The third-order valence-corrected chi connectivity index (χ3v) is 3.90. The highest BCUT2D eigenvalue weighted by atomic mass is 32.2. The summed E-state index contributed by atoms with van der Waals surface area (Å²) in [4.78, 5) is 4.15. The molecule has 0 saturated heterocycles. The Morgan fingerprint density at radius 1 is 1.47 bits per heavy atom. The van der Waals surface area contributed by atoms with Crippen molar-refractivity contribution in [1.82, 2.24) is 19.6 Å². The molecule has 1 aliphatic carbocycles. The van der Waals surface area contributed by atoms with Crippen LogP contribution in [0.5, 0.6) is 0 Å². The zero-order valence-electron chi connectivity index (χ0n) is 11.7. The molecule has 0 radical (unpaired) electrons. The number of rotatable bonds is 7. The van der Waals surface area contributed by atoms with E-state index in [0.29, 0.717) is 12.6 Å². The fourth-order valence-corrected chi connectivity index (χ4v) is 3.20. The van der Waals surface area contributed by atoms with Crippen LogP contribution in [0.15, 0.2) is 12.5 Å². The number of imidazole rings is 1. The predicted molar refractivity (Wildman–Crippen MR) is 74.1 cm³/mol. The smallest absolute Gasteiger partial charge is 0.209 e. The molecular formula is C12H22N4O2S. The van der Waals surface area contributed by atoms with E-state index in [-0.39, 0.29) is 0 Å². The quantitative estimate of drug-likeness (QED) is 0.763. The Morgan fingerprint density at radius 2 is 2.16 bits per heavy atom. The second kappa shape index (κ2) is 5.22. The van der Waals surface area contributed by atoms with Crippen LogP contribution in [-0.2, 0) is 23.1 Å². The number of hydrogen-bond acceptors (Lipinski definition) is 4. The first-order chi connectivity index (χ1) is 8.75. The summed E-state index contributed by atoms with van der Waals surface area (Å²) in [5.41, 5.74) is 0.540. The first-order valence-electron chi connectivity index (χ1n) is 6.46. The summed E-state index contributed by atoms with van der Waals surface area (Å²) in [6.07, 6.45) is 7.24. The normalized spacial score (nSPS) is 16.8. The van der Waals surface area contributed by atoms with Crippen molar-refractivity contribution < 1.29 is 8.42 Å². The first kappa shape index (κ1) is 14.5. The number of hydrogen-bond donors (Lipinski definition) is 2. The molecule has 0 aromatic carbocycles. The van der Waals surface area contributed by atoms with Crippen LogP contribution in [0.1, 0.15) is 32.4 Å². The third kappa shape index (κ3) is 4.93. The van der Waals surface area contributed by atoms with Gasteiger partial charge in [-0.25, -0.2) is 18.1 Å². The van der Waals surface area contributed by atoms with E-state index in [2.05, 4.69) is 15.0 Å². The Hall–Kier alpha value is -0.920. The molecule has 0 atom stereocenters. The van der Waals surface area contributed by atoms with Gasteiger partial charge in [0.2, 0.25) is 10.0 Å². The molecule has 1 aliphatic rings. The van der Waals surface area contributed by atoms with Gasteiger partial charge in [0.25, 0.3) is 0 Å². The zero-order chi connectivity index (χ0) is 14.1. The molecule has 0 aliphatic heterocycles. The lowest BCUT2D eigenvalue weighted by Gasteiger charge is -2.26. The average Bonchev–Trinajstić information content (AvgIpc) is 2.94. The Balaban J connectivity index is 1.99. The monoisotopic (exact) mass is 286 g/mol. The molecule has 0 unspecified atom stereocenters. The molecule has 108 valence electrons. The second-order valence-corrected chi connectivity index (χ2v) is 7.67. The maximum Gasteiger partial charge on any atom is 0.209 e. The SMILES string of the molecule is CC(C)(Cn1cncc1CNC1CC1)NS(C)(=O)=O. The van der Waals surface area contributed by atoms with Crippen LogP contribution < -0.4 is 10.0 Å². The number of nitrogens with one attached hydrogen (secondary N) is 2. The fourth-order valence-electron chi connectivity index (χ4n) is 2.13. The molecule has 0 amide bonds. The Kier molecular flexibility index (Phi) is 3.98. The van der Waals surface area contributed by atoms with E-state index in [4.69, 9.17) is 0 Å². The molecule has 1 fully saturated rings. The van der Waals surface area contributed by atoms with Crippen molar-refractivity contribution in [2.45, 2.75) is 51.4 Å². The van der Waals surface area contributed by atoms with Gasteiger partial charge in [0.05, 0.1) is 18.3 Å². The van der Waals surface area contributed by atoms with Crippen LogP contribution in [0, 0.1) is 0 Å². The molecule has 19 heavy (non-hydrogen) atoms. The topological polar surface area (TPSA) is 76.0 Å². The Bertz CT molecular complexity index is 532. The summed E-state index contributed by atoms with van der Waals surface area (Å²) in [5.74, 6) is 0. The first-order valence-corrected chi connectivity index (χ1v) is 8.36. The zero-order valence-corrected chi connectivity index (χ0v) is 12.5. The van der Waals surface area contributed by atoms with E-state index in [9.17, 15) is 8.42 Å². The third-order valence-electron chi connectivity index (χ3n) is 2.98.